The smallest absolute Gasteiger partial charge is 0.398 e. The van der Waals surface area contributed by atoms with Crippen LogP contribution >= 0.6 is 0 Å². The number of alkyl halides is 3. The Morgan fingerprint density at radius 3 is 2.16 bits per heavy atom. The predicted molar refractivity (Wildman–Crippen MR) is 71.5 cm³/mol. The highest BCUT2D eigenvalue weighted by molar-refractivity contribution is 6.04. The van der Waals surface area contributed by atoms with Gasteiger partial charge in [-0.1, -0.05) is 18.7 Å². The molecule has 0 amide bonds. The van der Waals surface area contributed by atoms with Gasteiger partial charge in [0.05, 0.1) is 5.56 Å². The first-order chi connectivity index (χ1) is 8.77. The molecule has 1 aromatic rings. The zero-order valence-electron chi connectivity index (χ0n) is 10.8. The normalized spacial score (nSPS) is 14.1. The van der Waals surface area contributed by atoms with Gasteiger partial charge in [-0.25, -0.2) is 0 Å². The molecule has 0 aliphatic heterocycles. The minimum atomic E-state index is -4.34. The Labute approximate surface area is 110 Å². The molecule has 0 atom stereocenters. The molecule has 0 saturated carbocycles. The molecule has 0 spiro atoms. The Hall–Kier alpha value is -2.04. The minimum absolute atomic E-state index is 0.400. The van der Waals surface area contributed by atoms with Crippen molar-refractivity contribution in [2.45, 2.75) is 20.0 Å². The van der Waals surface area contributed by atoms with Crippen LogP contribution in [0.2, 0.25) is 0 Å². The molecule has 5 heteroatoms. The molecule has 2 nitrogen and oxygen atoms in total. The van der Waals surface area contributed by atoms with Crippen LogP contribution in [0.1, 0.15) is 25.0 Å². The molecule has 0 heterocycles. The van der Waals surface area contributed by atoms with Gasteiger partial charge in [-0.2, -0.15) is 13.2 Å². The number of benzene rings is 1. The van der Waals surface area contributed by atoms with E-state index in [1.807, 2.05) is 0 Å². The van der Waals surface area contributed by atoms with E-state index in [9.17, 15) is 13.2 Å². The van der Waals surface area contributed by atoms with E-state index in [0.717, 1.165) is 12.1 Å². The quantitative estimate of drug-likeness (QED) is 0.827. The first-order valence-electron chi connectivity index (χ1n) is 5.57. The Morgan fingerprint density at radius 1 is 1.21 bits per heavy atom. The standard InChI is InChI=1S/C14H15F3N2/c1-4-19-10(3)9(2)13(18)11-5-7-12(8-6-11)14(15,16)17/h4-8H,1,18H2,2-3H3/b13-9-,19-10?. The number of hydrogen-bond acceptors (Lipinski definition) is 2. The van der Waals surface area contributed by atoms with E-state index in [2.05, 4.69) is 11.6 Å². The molecule has 0 aliphatic carbocycles. The van der Waals surface area contributed by atoms with Crippen LogP contribution in [0.15, 0.2) is 47.6 Å². The molecule has 0 aromatic heterocycles. The van der Waals surface area contributed by atoms with Gasteiger partial charge in [-0.15, -0.1) is 0 Å². The Kier molecular flexibility index (Phi) is 4.53. The molecule has 0 aliphatic rings. The van der Waals surface area contributed by atoms with Gasteiger partial charge in [0.15, 0.2) is 0 Å². The summed E-state index contributed by atoms with van der Waals surface area (Å²) in [6.07, 6.45) is -2.95. The fraction of sp³-hybridized carbons (Fsp3) is 0.214. The van der Waals surface area contributed by atoms with Gasteiger partial charge in [0.2, 0.25) is 0 Å². The minimum Gasteiger partial charge on any atom is -0.398 e. The third-order valence-corrected chi connectivity index (χ3v) is 2.75. The maximum atomic E-state index is 12.4. The summed E-state index contributed by atoms with van der Waals surface area (Å²) in [5.74, 6) is 0. The third-order valence-electron chi connectivity index (χ3n) is 2.75. The highest BCUT2D eigenvalue weighted by Gasteiger charge is 2.30. The molecule has 102 valence electrons. The molecule has 0 unspecified atom stereocenters. The van der Waals surface area contributed by atoms with Crippen molar-refractivity contribution < 1.29 is 13.2 Å². The van der Waals surface area contributed by atoms with Crippen molar-refractivity contribution >= 4 is 11.4 Å². The van der Waals surface area contributed by atoms with Crippen LogP contribution in [0.5, 0.6) is 0 Å². The van der Waals surface area contributed by atoms with E-state index >= 15 is 0 Å². The number of nitrogens with zero attached hydrogens (tertiary/aromatic N) is 1. The van der Waals surface area contributed by atoms with Crippen molar-refractivity contribution in [2.75, 3.05) is 0 Å². The van der Waals surface area contributed by atoms with E-state index in [1.54, 1.807) is 13.8 Å². The topological polar surface area (TPSA) is 38.4 Å². The summed E-state index contributed by atoms with van der Waals surface area (Å²) in [5.41, 5.74) is 7.53. The number of allylic oxidation sites excluding steroid dienone is 1. The lowest BCUT2D eigenvalue weighted by Crippen LogP contribution is -2.07. The van der Waals surface area contributed by atoms with Crippen molar-refractivity contribution in [3.63, 3.8) is 0 Å². The number of aliphatic imine (C=N–C) groups is 1. The highest BCUT2D eigenvalue weighted by atomic mass is 19.4. The van der Waals surface area contributed by atoms with Crippen LogP contribution < -0.4 is 5.73 Å². The van der Waals surface area contributed by atoms with E-state index < -0.39 is 11.7 Å². The van der Waals surface area contributed by atoms with Crippen molar-refractivity contribution in [1.82, 2.24) is 0 Å². The molecule has 0 saturated heterocycles. The van der Waals surface area contributed by atoms with Gasteiger partial charge < -0.3 is 5.73 Å². The van der Waals surface area contributed by atoms with Gasteiger partial charge in [0.1, 0.15) is 0 Å². The molecule has 0 radical (unpaired) electrons. The van der Waals surface area contributed by atoms with Gasteiger partial charge in [-0.3, -0.25) is 4.99 Å². The fourth-order valence-corrected chi connectivity index (χ4v) is 1.48. The monoisotopic (exact) mass is 268 g/mol. The maximum Gasteiger partial charge on any atom is 0.416 e. The number of nitrogens with two attached hydrogens (primary N) is 1. The largest absolute Gasteiger partial charge is 0.416 e. The lowest BCUT2D eigenvalue weighted by atomic mass is 10.0. The first kappa shape index (κ1) is 15.0. The summed E-state index contributed by atoms with van der Waals surface area (Å²) in [6, 6.07) is 4.72. The van der Waals surface area contributed by atoms with Gasteiger partial charge in [-0.05, 0) is 37.1 Å². The number of hydrogen-bond donors (Lipinski definition) is 1. The Balaban J connectivity index is 3.14. The van der Waals surface area contributed by atoms with Gasteiger partial charge >= 0.3 is 6.18 Å². The van der Waals surface area contributed by atoms with Crippen molar-refractivity contribution in [2.24, 2.45) is 10.7 Å². The van der Waals surface area contributed by atoms with E-state index in [0.29, 0.717) is 22.5 Å². The molecule has 2 N–H and O–H groups in total. The predicted octanol–water partition coefficient (Wildman–Crippen LogP) is 4.00. The van der Waals surface area contributed by atoms with Gasteiger partial charge in [0, 0.05) is 17.6 Å². The van der Waals surface area contributed by atoms with Crippen molar-refractivity contribution in [3.8, 4) is 0 Å². The van der Waals surface area contributed by atoms with Crippen LogP contribution in [-0.2, 0) is 6.18 Å². The molecule has 1 rings (SSSR count). The van der Waals surface area contributed by atoms with Crippen LogP contribution in [0.25, 0.3) is 5.70 Å². The van der Waals surface area contributed by atoms with E-state index in [-0.39, 0.29) is 0 Å². The maximum absolute atomic E-state index is 12.4. The zero-order chi connectivity index (χ0) is 14.6. The molecule has 1 aromatic carbocycles. The summed E-state index contributed by atoms with van der Waals surface area (Å²) < 4.78 is 37.3. The summed E-state index contributed by atoms with van der Waals surface area (Å²) >= 11 is 0. The molecule has 0 fully saturated rings. The number of halogens is 3. The Bertz CT molecular complexity index is 523. The number of rotatable bonds is 3. The van der Waals surface area contributed by atoms with E-state index in [4.69, 9.17) is 5.73 Å². The van der Waals surface area contributed by atoms with Crippen LogP contribution in [0.3, 0.4) is 0 Å². The van der Waals surface area contributed by atoms with Gasteiger partial charge in [0.25, 0.3) is 0 Å². The second-order valence-electron chi connectivity index (χ2n) is 4.01. The first-order valence-corrected chi connectivity index (χ1v) is 5.57. The van der Waals surface area contributed by atoms with Crippen molar-refractivity contribution in [3.05, 3.63) is 53.7 Å². The fourth-order valence-electron chi connectivity index (χ4n) is 1.48. The SMILES string of the molecule is C=CN=C(C)/C(C)=C(\N)c1ccc(C(F)(F)F)cc1. The summed E-state index contributed by atoms with van der Waals surface area (Å²) in [5, 5.41) is 0. The lowest BCUT2D eigenvalue weighted by Gasteiger charge is -2.10. The highest BCUT2D eigenvalue weighted by Crippen LogP contribution is 2.29. The average Bonchev–Trinajstić information content (AvgIpc) is 2.36. The summed E-state index contributed by atoms with van der Waals surface area (Å²) in [6.45, 7) is 7.00. The molecular formula is C14H15F3N2. The molecule has 19 heavy (non-hydrogen) atoms. The van der Waals surface area contributed by atoms with Crippen LogP contribution in [0, 0.1) is 0 Å². The zero-order valence-corrected chi connectivity index (χ0v) is 10.8. The molecule has 0 bridgehead atoms. The second-order valence-corrected chi connectivity index (χ2v) is 4.01. The van der Waals surface area contributed by atoms with Crippen molar-refractivity contribution in [1.29, 1.82) is 0 Å². The van der Waals surface area contributed by atoms with Crippen LogP contribution in [-0.4, -0.2) is 5.71 Å². The summed E-state index contributed by atoms with van der Waals surface area (Å²) in [7, 11) is 0. The Morgan fingerprint density at radius 2 is 1.74 bits per heavy atom. The second kappa shape index (κ2) is 5.73. The average molecular weight is 268 g/mol. The molecular weight excluding hydrogens is 253 g/mol. The van der Waals surface area contributed by atoms with E-state index in [1.165, 1.54) is 18.3 Å². The third kappa shape index (κ3) is 3.71. The van der Waals surface area contributed by atoms with Crippen LogP contribution in [0.4, 0.5) is 13.2 Å². The summed E-state index contributed by atoms with van der Waals surface area (Å²) in [4.78, 5) is 3.99. The lowest BCUT2D eigenvalue weighted by molar-refractivity contribution is -0.137.